The number of rotatable bonds is 5. The van der Waals surface area contributed by atoms with Gasteiger partial charge in [0.1, 0.15) is 17.5 Å². The molecular formula is C15H18F3NO6. The zero-order chi connectivity index (χ0) is 19.4. The van der Waals surface area contributed by atoms with E-state index in [-0.39, 0.29) is 5.56 Å². The smallest absolute Gasteiger partial charge is 0.480 e. The van der Waals surface area contributed by atoms with E-state index in [0.29, 0.717) is 0 Å². The number of aliphatic carboxylic acids is 1. The van der Waals surface area contributed by atoms with Gasteiger partial charge in [-0.3, -0.25) is 0 Å². The second-order valence-corrected chi connectivity index (χ2v) is 6.03. The van der Waals surface area contributed by atoms with Gasteiger partial charge < -0.3 is 25.0 Å². The molecule has 0 saturated carbocycles. The quantitative estimate of drug-likeness (QED) is 0.741. The standard InChI is InChI=1S/C15H18F3NO6/c1-14(2,3)25-13(23)19-10(12(21)22)11(20)8-5-4-6-9(7-8)24-15(16,17)18/h4-7,10-11,20H,1-3H3,(H,19,23)(H,21,22)/t10-,11+/m0/s1. The average molecular weight is 365 g/mol. The number of carboxylic acid groups (broad SMARTS) is 1. The van der Waals surface area contributed by atoms with Crippen molar-refractivity contribution < 1.29 is 42.4 Å². The fraction of sp³-hybridized carbons (Fsp3) is 0.467. The molecule has 1 aromatic rings. The molecule has 0 aliphatic carbocycles. The third-order valence-electron chi connectivity index (χ3n) is 2.69. The fourth-order valence-electron chi connectivity index (χ4n) is 1.80. The van der Waals surface area contributed by atoms with E-state index in [9.17, 15) is 27.9 Å². The Bertz CT molecular complexity index is 626. The van der Waals surface area contributed by atoms with Gasteiger partial charge in [-0.15, -0.1) is 13.2 Å². The van der Waals surface area contributed by atoms with Gasteiger partial charge in [0.2, 0.25) is 0 Å². The lowest BCUT2D eigenvalue weighted by Gasteiger charge is -2.24. The molecule has 2 atom stereocenters. The van der Waals surface area contributed by atoms with Gasteiger partial charge in [-0.25, -0.2) is 9.59 Å². The maximum Gasteiger partial charge on any atom is 0.573 e. The number of aliphatic hydroxyl groups is 1. The van der Waals surface area contributed by atoms with Gasteiger partial charge in [-0.1, -0.05) is 12.1 Å². The first-order valence-corrected chi connectivity index (χ1v) is 7.04. The molecule has 25 heavy (non-hydrogen) atoms. The van der Waals surface area contributed by atoms with Crippen molar-refractivity contribution >= 4 is 12.1 Å². The number of benzene rings is 1. The predicted molar refractivity (Wildman–Crippen MR) is 78.9 cm³/mol. The van der Waals surface area contributed by atoms with Crippen LogP contribution >= 0.6 is 0 Å². The number of halogens is 3. The van der Waals surface area contributed by atoms with E-state index < -0.39 is 41.9 Å². The summed E-state index contributed by atoms with van der Waals surface area (Å²) < 4.78 is 45.3. The third-order valence-corrected chi connectivity index (χ3v) is 2.69. The van der Waals surface area contributed by atoms with E-state index in [1.807, 2.05) is 5.32 Å². The number of hydrogen-bond acceptors (Lipinski definition) is 5. The highest BCUT2D eigenvalue weighted by molar-refractivity contribution is 5.81. The number of hydrogen-bond donors (Lipinski definition) is 3. The van der Waals surface area contributed by atoms with E-state index in [4.69, 9.17) is 9.84 Å². The lowest BCUT2D eigenvalue weighted by Crippen LogP contribution is -2.46. The van der Waals surface area contributed by atoms with Crippen LogP contribution in [0.25, 0.3) is 0 Å². The van der Waals surface area contributed by atoms with Crippen LogP contribution in [0.2, 0.25) is 0 Å². The molecule has 0 spiro atoms. The number of carbonyl (C=O) groups excluding carboxylic acids is 1. The molecule has 0 radical (unpaired) electrons. The maximum absolute atomic E-state index is 12.2. The molecule has 10 heteroatoms. The minimum atomic E-state index is -4.94. The monoisotopic (exact) mass is 365 g/mol. The molecule has 1 rings (SSSR count). The van der Waals surface area contributed by atoms with Crippen molar-refractivity contribution in [3.05, 3.63) is 29.8 Å². The molecule has 0 bridgehead atoms. The Morgan fingerprint density at radius 3 is 2.28 bits per heavy atom. The number of ether oxygens (including phenoxy) is 2. The second-order valence-electron chi connectivity index (χ2n) is 6.03. The van der Waals surface area contributed by atoms with Crippen molar-refractivity contribution in [3.63, 3.8) is 0 Å². The number of nitrogens with one attached hydrogen (secondary N) is 1. The molecule has 140 valence electrons. The molecule has 1 aromatic carbocycles. The van der Waals surface area contributed by atoms with Gasteiger partial charge in [0.15, 0.2) is 6.04 Å². The van der Waals surface area contributed by atoms with Gasteiger partial charge in [0.25, 0.3) is 0 Å². The molecule has 0 heterocycles. The lowest BCUT2D eigenvalue weighted by atomic mass is 10.0. The zero-order valence-corrected chi connectivity index (χ0v) is 13.6. The summed E-state index contributed by atoms with van der Waals surface area (Å²) in [7, 11) is 0. The van der Waals surface area contributed by atoms with E-state index in [1.165, 1.54) is 6.07 Å². The summed E-state index contributed by atoms with van der Waals surface area (Å²) in [5.41, 5.74) is -1.09. The van der Waals surface area contributed by atoms with Crippen LogP contribution in [0.5, 0.6) is 5.75 Å². The van der Waals surface area contributed by atoms with Crippen LogP contribution < -0.4 is 10.1 Å². The van der Waals surface area contributed by atoms with Crippen LogP contribution in [0.15, 0.2) is 24.3 Å². The Kier molecular flexibility index (Phi) is 6.25. The minimum absolute atomic E-state index is 0.190. The molecule has 0 aromatic heterocycles. The Morgan fingerprint density at radius 1 is 1.20 bits per heavy atom. The summed E-state index contributed by atoms with van der Waals surface area (Å²) in [4.78, 5) is 23.0. The largest absolute Gasteiger partial charge is 0.573 e. The molecule has 0 fully saturated rings. The van der Waals surface area contributed by atoms with E-state index in [1.54, 1.807) is 20.8 Å². The van der Waals surface area contributed by atoms with Crippen molar-refractivity contribution in [1.29, 1.82) is 0 Å². The maximum atomic E-state index is 12.2. The van der Waals surface area contributed by atoms with Crippen molar-refractivity contribution in [2.45, 2.75) is 44.9 Å². The number of alkyl halides is 3. The van der Waals surface area contributed by atoms with Crippen molar-refractivity contribution in [2.24, 2.45) is 0 Å². The average Bonchev–Trinajstić information content (AvgIpc) is 2.40. The van der Waals surface area contributed by atoms with Gasteiger partial charge >= 0.3 is 18.4 Å². The van der Waals surface area contributed by atoms with Gasteiger partial charge in [-0.2, -0.15) is 0 Å². The summed E-state index contributed by atoms with van der Waals surface area (Å²) in [5.74, 6) is -2.23. The first kappa shape index (κ1) is 20.6. The summed E-state index contributed by atoms with van der Waals surface area (Å²) in [6.07, 6.45) is -7.87. The Balaban J connectivity index is 2.96. The number of aliphatic hydroxyl groups excluding tert-OH is 1. The highest BCUT2D eigenvalue weighted by Gasteiger charge is 2.33. The van der Waals surface area contributed by atoms with E-state index in [0.717, 1.165) is 18.2 Å². The Hall–Kier alpha value is -2.49. The minimum Gasteiger partial charge on any atom is -0.480 e. The second kappa shape index (κ2) is 7.60. The number of amides is 1. The van der Waals surface area contributed by atoms with Gasteiger partial charge in [0, 0.05) is 0 Å². The number of carbonyl (C=O) groups is 2. The lowest BCUT2D eigenvalue weighted by molar-refractivity contribution is -0.274. The molecule has 0 aliphatic rings. The Morgan fingerprint density at radius 2 is 1.80 bits per heavy atom. The number of alkyl carbamates (subject to hydrolysis) is 1. The van der Waals surface area contributed by atoms with E-state index >= 15 is 0 Å². The zero-order valence-electron chi connectivity index (χ0n) is 13.6. The molecule has 1 amide bonds. The van der Waals surface area contributed by atoms with Crippen LogP contribution in [-0.2, 0) is 9.53 Å². The summed E-state index contributed by atoms with van der Waals surface area (Å²) in [6, 6.07) is 2.31. The topological polar surface area (TPSA) is 105 Å². The molecule has 3 N–H and O–H groups in total. The van der Waals surface area contributed by atoms with Crippen molar-refractivity contribution in [1.82, 2.24) is 5.32 Å². The van der Waals surface area contributed by atoms with E-state index in [2.05, 4.69) is 4.74 Å². The van der Waals surface area contributed by atoms with Crippen LogP contribution in [-0.4, -0.2) is 40.3 Å². The summed E-state index contributed by atoms with van der Waals surface area (Å²) >= 11 is 0. The third kappa shape index (κ3) is 7.29. The van der Waals surface area contributed by atoms with Gasteiger partial charge in [-0.05, 0) is 38.5 Å². The molecular weight excluding hydrogens is 347 g/mol. The predicted octanol–water partition coefficient (Wildman–Crippen LogP) is 2.60. The molecule has 0 aliphatic heterocycles. The highest BCUT2D eigenvalue weighted by Crippen LogP contribution is 2.27. The SMILES string of the molecule is CC(C)(C)OC(=O)N[C@H](C(=O)O)[C@H](O)c1cccc(OC(F)(F)F)c1. The summed E-state index contributed by atoms with van der Waals surface area (Å²) in [5, 5.41) is 21.3. The van der Waals surface area contributed by atoms with Crippen molar-refractivity contribution in [2.75, 3.05) is 0 Å². The fourth-order valence-corrected chi connectivity index (χ4v) is 1.80. The molecule has 0 saturated heterocycles. The molecule has 0 unspecified atom stereocenters. The first-order valence-electron chi connectivity index (χ1n) is 7.04. The number of carboxylic acids is 1. The highest BCUT2D eigenvalue weighted by atomic mass is 19.4. The summed E-state index contributed by atoms with van der Waals surface area (Å²) in [6.45, 7) is 4.66. The normalized spacial score (nSPS) is 14.4. The van der Waals surface area contributed by atoms with Crippen LogP contribution in [0, 0.1) is 0 Å². The van der Waals surface area contributed by atoms with Crippen LogP contribution in [0.3, 0.4) is 0 Å². The van der Waals surface area contributed by atoms with Crippen molar-refractivity contribution in [3.8, 4) is 5.75 Å². The van der Waals surface area contributed by atoms with Crippen LogP contribution in [0.4, 0.5) is 18.0 Å². The van der Waals surface area contributed by atoms with Gasteiger partial charge in [0.05, 0.1) is 0 Å². The molecule has 7 nitrogen and oxygen atoms in total. The Labute approximate surface area is 141 Å². The first-order chi connectivity index (χ1) is 11.3. The van der Waals surface area contributed by atoms with Crippen LogP contribution in [0.1, 0.15) is 32.4 Å².